The largest absolute Gasteiger partial charge is 0.493 e. The van der Waals surface area contributed by atoms with Crippen molar-refractivity contribution in [2.75, 3.05) is 26.8 Å². The summed E-state index contributed by atoms with van der Waals surface area (Å²) in [6.45, 7) is 4.85. The van der Waals surface area contributed by atoms with Crippen LogP contribution in [0.4, 0.5) is 4.79 Å². The van der Waals surface area contributed by atoms with Crippen LogP contribution in [0.2, 0.25) is 0 Å². The molecule has 1 aromatic rings. The summed E-state index contributed by atoms with van der Waals surface area (Å²) in [5.74, 6) is 0.413. The van der Waals surface area contributed by atoms with Gasteiger partial charge in [-0.2, -0.15) is 0 Å². The molecule has 0 aliphatic carbocycles. The van der Waals surface area contributed by atoms with E-state index in [0.29, 0.717) is 19.6 Å². The number of aryl methyl sites for hydroxylation is 2. The van der Waals surface area contributed by atoms with Crippen molar-refractivity contribution < 1.29 is 19.1 Å². The molecule has 0 aromatic heterocycles. The van der Waals surface area contributed by atoms with Gasteiger partial charge >= 0.3 is 12.0 Å². The average molecular weight is 294 g/mol. The summed E-state index contributed by atoms with van der Waals surface area (Å²) in [4.78, 5) is 22.2. The number of esters is 1. The zero-order valence-corrected chi connectivity index (χ0v) is 12.7. The smallest absolute Gasteiger partial charge is 0.325 e. The Kier molecular flexibility index (Phi) is 7.08. The molecule has 0 radical (unpaired) electrons. The van der Waals surface area contributed by atoms with Gasteiger partial charge in [0.15, 0.2) is 0 Å². The maximum atomic E-state index is 11.3. The molecule has 0 aliphatic rings. The van der Waals surface area contributed by atoms with Gasteiger partial charge in [-0.3, -0.25) is 4.79 Å². The van der Waals surface area contributed by atoms with Gasteiger partial charge in [-0.1, -0.05) is 18.2 Å². The minimum atomic E-state index is -0.483. The van der Waals surface area contributed by atoms with Gasteiger partial charge in [0.2, 0.25) is 0 Å². The van der Waals surface area contributed by atoms with Crippen LogP contribution in [0, 0.1) is 13.8 Å². The molecule has 6 heteroatoms. The monoisotopic (exact) mass is 294 g/mol. The second-order valence-electron chi connectivity index (χ2n) is 4.61. The molecule has 0 bridgehead atoms. The van der Waals surface area contributed by atoms with Gasteiger partial charge in [0.1, 0.15) is 12.3 Å². The molecule has 0 spiro atoms. The summed E-state index contributed by atoms with van der Waals surface area (Å²) in [7, 11) is 1.27. The number of urea groups is 1. The van der Waals surface area contributed by atoms with Crippen LogP contribution in [0.5, 0.6) is 5.75 Å². The third-order valence-corrected chi connectivity index (χ3v) is 2.88. The number of rotatable bonds is 7. The predicted octanol–water partition coefficient (Wildman–Crippen LogP) is 1.54. The van der Waals surface area contributed by atoms with Crippen molar-refractivity contribution in [1.82, 2.24) is 10.6 Å². The van der Waals surface area contributed by atoms with E-state index in [4.69, 9.17) is 4.74 Å². The molecule has 0 saturated carbocycles. The highest BCUT2D eigenvalue weighted by molar-refractivity contribution is 5.80. The Balaban J connectivity index is 2.17. The maximum absolute atomic E-state index is 11.3. The standard InChI is InChI=1S/C15H22N2O4/c1-11-6-4-7-12(2)14(11)21-9-5-8-16-15(19)17-10-13(18)20-3/h4,6-7H,5,8-10H2,1-3H3,(H2,16,17,19). The quantitative estimate of drug-likeness (QED) is 0.591. The predicted molar refractivity (Wildman–Crippen MR) is 79.4 cm³/mol. The topological polar surface area (TPSA) is 76.7 Å². The van der Waals surface area contributed by atoms with E-state index in [1.807, 2.05) is 32.0 Å². The van der Waals surface area contributed by atoms with Crippen LogP contribution in [-0.2, 0) is 9.53 Å². The third kappa shape index (κ3) is 6.16. The Morgan fingerprint density at radius 3 is 2.43 bits per heavy atom. The van der Waals surface area contributed by atoms with E-state index in [2.05, 4.69) is 15.4 Å². The molecule has 2 N–H and O–H groups in total. The Labute approximate surface area is 124 Å². The summed E-state index contributed by atoms with van der Waals surface area (Å²) in [6.07, 6.45) is 0.680. The van der Waals surface area contributed by atoms with E-state index in [1.54, 1.807) is 0 Å². The summed E-state index contributed by atoms with van der Waals surface area (Å²) < 4.78 is 10.1. The van der Waals surface area contributed by atoms with Crippen molar-refractivity contribution in [2.45, 2.75) is 20.3 Å². The summed E-state index contributed by atoms with van der Waals surface area (Å²) >= 11 is 0. The first-order valence-electron chi connectivity index (χ1n) is 6.82. The molecule has 0 fully saturated rings. The van der Waals surface area contributed by atoms with E-state index in [1.165, 1.54) is 7.11 Å². The molecule has 2 amide bonds. The van der Waals surface area contributed by atoms with Crippen molar-refractivity contribution in [3.8, 4) is 5.75 Å². The molecule has 1 rings (SSSR count). The molecule has 0 heterocycles. The second kappa shape index (κ2) is 8.84. The Morgan fingerprint density at radius 2 is 1.81 bits per heavy atom. The maximum Gasteiger partial charge on any atom is 0.325 e. The number of amides is 2. The van der Waals surface area contributed by atoms with Gasteiger partial charge in [-0.15, -0.1) is 0 Å². The van der Waals surface area contributed by atoms with Crippen molar-refractivity contribution >= 4 is 12.0 Å². The number of hydrogen-bond donors (Lipinski definition) is 2. The van der Waals surface area contributed by atoms with Gasteiger partial charge in [-0.25, -0.2) is 4.79 Å². The number of carbonyl (C=O) groups is 2. The van der Waals surface area contributed by atoms with Crippen LogP contribution in [0.25, 0.3) is 0 Å². The van der Waals surface area contributed by atoms with Gasteiger partial charge in [0.05, 0.1) is 13.7 Å². The number of benzene rings is 1. The zero-order valence-electron chi connectivity index (χ0n) is 12.7. The lowest BCUT2D eigenvalue weighted by atomic mass is 10.1. The molecule has 0 unspecified atom stereocenters. The minimum Gasteiger partial charge on any atom is -0.493 e. The highest BCUT2D eigenvalue weighted by atomic mass is 16.5. The number of carbonyl (C=O) groups excluding carboxylic acids is 2. The Bertz CT molecular complexity index is 468. The highest BCUT2D eigenvalue weighted by Crippen LogP contribution is 2.22. The van der Waals surface area contributed by atoms with Crippen LogP contribution in [0.1, 0.15) is 17.5 Å². The Morgan fingerprint density at radius 1 is 1.14 bits per heavy atom. The van der Waals surface area contributed by atoms with Gasteiger partial charge in [-0.05, 0) is 31.4 Å². The minimum absolute atomic E-state index is 0.138. The lowest BCUT2D eigenvalue weighted by molar-refractivity contribution is -0.139. The lowest BCUT2D eigenvalue weighted by Gasteiger charge is -2.12. The number of hydrogen-bond acceptors (Lipinski definition) is 4. The van der Waals surface area contributed by atoms with Gasteiger partial charge in [0.25, 0.3) is 0 Å². The molecule has 21 heavy (non-hydrogen) atoms. The van der Waals surface area contributed by atoms with E-state index < -0.39 is 12.0 Å². The molecule has 1 aromatic carbocycles. The van der Waals surface area contributed by atoms with Crippen LogP contribution in [-0.4, -0.2) is 38.8 Å². The summed E-state index contributed by atoms with van der Waals surface area (Å²) in [6, 6.07) is 5.60. The van der Waals surface area contributed by atoms with Crippen LogP contribution in [0.3, 0.4) is 0 Å². The first-order chi connectivity index (χ1) is 10.0. The number of para-hydroxylation sites is 1. The van der Waals surface area contributed by atoms with Crippen molar-refractivity contribution in [1.29, 1.82) is 0 Å². The molecule has 116 valence electrons. The SMILES string of the molecule is COC(=O)CNC(=O)NCCCOc1c(C)cccc1C. The first kappa shape index (κ1) is 16.8. The number of nitrogens with one attached hydrogen (secondary N) is 2. The van der Waals surface area contributed by atoms with E-state index in [-0.39, 0.29) is 6.54 Å². The number of ether oxygens (including phenoxy) is 2. The fourth-order valence-corrected chi connectivity index (χ4v) is 1.76. The molecular weight excluding hydrogens is 272 g/mol. The van der Waals surface area contributed by atoms with E-state index in [9.17, 15) is 9.59 Å². The molecule has 6 nitrogen and oxygen atoms in total. The Hall–Kier alpha value is -2.24. The number of methoxy groups -OCH3 is 1. The second-order valence-corrected chi connectivity index (χ2v) is 4.61. The highest BCUT2D eigenvalue weighted by Gasteiger charge is 2.05. The normalized spacial score (nSPS) is 9.86. The molecule has 0 saturated heterocycles. The summed E-state index contributed by atoms with van der Waals surface area (Å²) in [5, 5.41) is 5.03. The molecule has 0 aliphatic heterocycles. The van der Waals surface area contributed by atoms with Crippen LogP contribution < -0.4 is 15.4 Å². The van der Waals surface area contributed by atoms with E-state index >= 15 is 0 Å². The first-order valence-corrected chi connectivity index (χ1v) is 6.82. The van der Waals surface area contributed by atoms with Crippen molar-refractivity contribution in [3.63, 3.8) is 0 Å². The van der Waals surface area contributed by atoms with Gasteiger partial charge in [0, 0.05) is 6.54 Å². The fourth-order valence-electron chi connectivity index (χ4n) is 1.76. The lowest BCUT2D eigenvalue weighted by Crippen LogP contribution is -2.39. The molecule has 0 atom stereocenters. The van der Waals surface area contributed by atoms with Crippen molar-refractivity contribution in [3.05, 3.63) is 29.3 Å². The average Bonchev–Trinajstić information content (AvgIpc) is 2.47. The third-order valence-electron chi connectivity index (χ3n) is 2.88. The van der Waals surface area contributed by atoms with Crippen LogP contribution in [0.15, 0.2) is 18.2 Å². The van der Waals surface area contributed by atoms with Crippen molar-refractivity contribution in [2.24, 2.45) is 0 Å². The zero-order chi connectivity index (χ0) is 15.7. The van der Waals surface area contributed by atoms with Gasteiger partial charge < -0.3 is 20.1 Å². The van der Waals surface area contributed by atoms with E-state index in [0.717, 1.165) is 16.9 Å². The fraction of sp³-hybridized carbons (Fsp3) is 0.467. The summed E-state index contributed by atoms with van der Waals surface area (Å²) in [5.41, 5.74) is 2.19. The van der Waals surface area contributed by atoms with Crippen LogP contribution >= 0.6 is 0 Å². The molecular formula is C15H22N2O4.